The molecule has 31 heavy (non-hydrogen) atoms. The van der Waals surface area contributed by atoms with Crippen LogP contribution >= 0.6 is 0 Å². The van der Waals surface area contributed by atoms with Gasteiger partial charge in [-0.1, -0.05) is 30.3 Å². The van der Waals surface area contributed by atoms with Gasteiger partial charge in [0.25, 0.3) is 0 Å². The van der Waals surface area contributed by atoms with Crippen molar-refractivity contribution >= 4 is 5.69 Å². The molecule has 0 spiro atoms. The molecule has 1 saturated heterocycles. The maximum absolute atomic E-state index is 14.5. The number of dihydropyridines is 1. The number of methoxy groups -OCH3 is 1. The van der Waals surface area contributed by atoms with E-state index in [9.17, 15) is 4.39 Å². The van der Waals surface area contributed by atoms with Gasteiger partial charge in [0.05, 0.1) is 37.4 Å². The van der Waals surface area contributed by atoms with Gasteiger partial charge in [0.15, 0.2) is 0 Å². The smallest absolute Gasteiger partial charge is 0.146 e. The lowest BCUT2D eigenvalue weighted by atomic mass is 10.1. The number of benzene rings is 2. The molecule has 1 N–H and O–H groups in total. The van der Waals surface area contributed by atoms with Crippen molar-refractivity contribution in [2.75, 3.05) is 38.3 Å². The minimum atomic E-state index is -0.124. The number of ether oxygens (including phenoxy) is 1. The van der Waals surface area contributed by atoms with Crippen LogP contribution in [0.1, 0.15) is 17.5 Å². The lowest BCUT2D eigenvalue weighted by molar-refractivity contribution is 0.202. The molecule has 0 aliphatic carbocycles. The van der Waals surface area contributed by atoms with E-state index in [0.29, 0.717) is 6.04 Å². The third-order valence-electron chi connectivity index (χ3n) is 6.60. The van der Waals surface area contributed by atoms with Crippen molar-refractivity contribution in [2.24, 2.45) is 0 Å². The SMILES string of the molecule is COc1ccccc1CN1CN([C@@H]2CCN(c3c(C)cccc3F)C2)C2=C1CNC=C2. The zero-order valence-corrected chi connectivity index (χ0v) is 18.1. The van der Waals surface area contributed by atoms with E-state index >= 15 is 0 Å². The van der Waals surface area contributed by atoms with Crippen LogP contribution in [0.2, 0.25) is 0 Å². The van der Waals surface area contributed by atoms with E-state index in [0.717, 1.165) is 56.3 Å². The maximum Gasteiger partial charge on any atom is 0.146 e. The number of hydrogen-bond donors (Lipinski definition) is 1. The highest BCUT2D eigenvalue weighted by atomic mass is 19.1. The summed E-state index contributed by atoms with van der Waals surface area (Å²) in [5.41, 5.74) is 5.54. The molecular formula is C25H29FN4O. The summed E-state index contributed by atoms with van der Waals surface area (Å²) in [6, 6.07) is 13.9. The molecule has 0 saturated carbocycles. The number of nitrogens with one attached hydrogen (secondary N) is 1. The van der Waals surface area contributed by atoms with Crippen LogP contribution in [0.15, 0.2) is 66.1 Å². The summed E-state index contributed by atoms with van der Waals surface area (Å²) in [7, 11) is 1.72. The van der Waals surface area contributed by atoms with Crippen LogP contribution in [-0.4, -0.2) is 49.3 Å². The Balaban J connectivity index is 1.37. The van der Waals surface area contributed by atoms with Crippen LogP contribution in [0.4, 0.5) is 10.1 Å². The summed E-state index contributed by atoms with van der Waals surface area (Å²) < 4.78 is 20.1. The van der Waals surface area contributed by atoms with Gasteiger partial charge in [0.1, 0.15) is 11.6 Å². The maximum atomic E-state index is 14.5. The fourth-order valence-corrected chi connectivity index (χ4v) is 5.08. The number of halogens is 1. The van der Waals surface area contributed by atoms with Gasteiger partial charge in [0.2, 0.25) is 0 Å². The molecule has 3 aliphatic rings. The number of aryl methyl sites for hydroxylation is 1. The highest BCUT2D eigenvalue weighted by Gasteiger charge is 2.37. The highest BCUT2D eigenvalue weighted by molar-refractivity contribution is 5.55. The van der Waals surface area contributed by atoms with E-state index in [1.165, 1.54) is 17.0 Å². The van der Waals surface area contributed by atoms with E-state index in [-0.39, 0.29) is 5.82 Å². The van der Waals surface area contributed by atoms with Crippen LogP contribution < -0.4 is 15.0 Å². The second-order valence-electron chi connectivity index (χ2n) is 8.46. The molecule has 5 rings (SSSR count). The van der Waals surface area contributed by atoms with E-state index in [1.807, 2.05) is 31.3 Å². The Labute approximate surface area is 183 Å². The summed E-state index contributed by atoms with van der Waals surface area (Å²) in [5, 5.41) is 3.36. The van der Waals surface area contributed by atoms with Crippen molar-refractivity contribution in [3.63, 3.8) is 0 Å². The summed E-state index contributed by atoms with van der Waals surface area (Å²) in [5.74, 6) is 0.797. The molecule has 0 amide bonds. The van der Waals surface area contributed by atoms with Crippen LogP contribution in [0.5, 0.6) is 5.75 Å². The van der Waals surface area contributed by atoms with Gasteiger partial charge < -0.3 is 24.8 Å². The monoisotopic (exact) mass is 420 g/mol. The van der Waals surface area contributed by atoms with Gasteiger partial charge in [-0.25, -0.2) is 4.39 Å². The number of nitrogens with zero attached hydrogens (tertiary/aromatic N) is 3. The molecule has 1 fully saturated rings. The third kappa shape index (κ3) is 3.60. The quantitative estimate of drug-likeness (QED) is 0.795. The van der Waals surface area contributed by atoms with Crippen molar-refractivity contribution in [1.29, 1.82) is 0 Å². The van der Waals surface area contributed by atoms with Crippen molar-refractivity contribution < 1.29 is 9.13 Å². The second-order valence-corrected chi connectivity index (χ2v) is 8.46. The molecule has 6 heteroatoms. The molecule has 2 aromatic carbocycles. The number of rotatable bonds is 5. The molecule has 2 aromatic rings. The van der Waals surface area contributed by atoms with Crippen LogP contribution in [-0.2, 0) is 6.54 Å². The molecule has 5 nitrogen and oxygen atoms in total. The second kappa shape index (κ2) is 8.17. The van der Waals surface area contributed by atoms with Gasteiger partial charge >= 0.3 is 0 Å². The standard InChI is InChI=1S/C25H29FN4O/c1-18-6-5-8-21(26)25(18)28-13-11-20(16-28)30-17-29(23-14-27-12-10-22(23)30)15-19-7-3-4-9-24(19)31-2/h3-10,12,20,27H,11,13-17H2,1-2H3/t20-/m1/s1. The number of allylic oxidation sites excluding steroid dienone is 1. The van der Waals surface area contributed by atoms with Gasteiger partial charge in [-0.15, -0.1) is 0 Å². The summed E-state index contributed by atoms with van der Waals surface area (Å²) >= 11 is 0. The molecule has 1 atom stereocenters. The molecule has 3 aliphatic heterocycles. The van der Waals surface area contributed by atoms with Gasteiger partial charge in [-0.2, -0.15) is 0 Å². The minimum absolute atomic E-state index is 0.124. The number of hydrogen-bond acceptors (Lipinski definition) is 5. The normalized spacial score (nSPS) is 20.4. The van der Waals surface area contributed by atoms with E-state index in [1.54, 1.807) is 19.2 Å². The largest absolute Gasteiger partial charge is 0.496 e. The lowest BCUT2D eigenvalue weighted by Crippen LogP contribution is -2.38. The molecule has 3 heterocycles. The van der Waals surface area contributed by atoms with Gasteiger partial charge in [0, 0.05) is 31.2 Å². The number of anilines is 1. The predicted molar refractivity (Wildman–Crippen MR) is 121 cm³/mol. The fraction of sp³-hybridized carbons (Fsp3) is 0.360. The lowest BCUT2D eigenvalue weighted by Gasteiger charge is -2.30. The summed E-state index contributed by atoms with van der Waals surface area (Å²) in [6.07, 6.45) is 5.23. The van der Waals surface area contributed by atoms with Crippen molar-refractivity contribution in [2.45, 2.75) is 25.9 Å². The highest BCUT2D eigenvalue weighted by Crippen LogP contribution is 2.35. The van der Waals surface area contributed by atoms with Crippen LogP contribution in [0.3, 0.4) is 0 Å². The third-order valence-corrected chi connectivity index (χ3v) is 6.60. The number of para-hydroxylation sites is 2. The zero-order valence-electron chi connectivity index (χ0n) is 18.1. The van der Waals surface area contributed by atoms with Crippen LogP contribution in [0, 0.1) is 12.7 Å². The van der Waals surface area contributed by atoms with Crippen molar-refractivity contribution in [3.8, 4) is 5.75 Å². The fourth-order valence-electron chi connectivity index (χ4n) is 5.08. The Morgan fingerprint density at radius 3 is 2.87 bits per heavy atom. The molecular weight excluding hydrogens is 391 g/mol. The molecule has 0 radical (unpaired) electrons. The zero-order chi connectivity index (χ0) is 21.4. The minimum Gasteiger partial charge on any atom is -0.496 e. The Hall–Kier alpha value is -3.15. The summed E-state index contributed by atoms with van der Waals surface area (Å²) in [4.78, 5) is 7.14. The Bertz CT molecular complexity index is 1010. The van der Waals surface area contributed by atoms with E-state index in [2.05, 4.69) is 38.2 Å². The van der Waals surface area contributed by atoms with E-state index in [4.69, 9.17) is 4.74 Å². The molecule has 162 valence electrons. The molecule has 0 bridgehead atoms. The van der Waals surface area contributed by atoms with E-state index < -0.39 is 0 Å². The van der Waals surface area contributed by atoms with Crippen molar-refractivity contribution in [3.05, 3.63) is 83.1 Å². The predicted octanol–water partition coefficient (Wildman–Crippen LogP) is 3.83. The average Bonchev–Trinajstić information content (AvgIpc) is 3.39. The average molecular weight is 421 g/mol. The Morgan fingerprint density at radius 1 is 1.16 bits per heavy atom. The van der Waals surface area contributed by atoms with Gasteiger partial charge in [-0.05, 0) is 43.3 Å². The first-order chi connectivity index (χ1) is 15.2. The molecule has 0 unspecified atom stereocenters. The van der Waals surface area contributed by atoms with Crippen molar-refractivity contribution in [1.82, 2.24) is 15.1 Å². The van der Waals surface area contributed by atoms with Crippen LogP contribution in [0.25, 0.3) is 0 Å². The first-order valence-corrected chi connectivity index (χ1v) is 10.9. The summed E-state index contributed by atoms with van der Waals surface area (Å²) in [6.45, 7) is 6.16. The first kappa shape index (κ1) is 19.8. The topological polar surface area (TPSA) is 31.0 Å². The first-order valence-electron chi connectivity index (χ1n) is 10.9. The Morgan fingerprint density at radius 2 is 2.03 bits per heavy atom. The van der Waals surface area contributed by atoms with Gasteiger partial charge in [-0.3, -0.25) is 0 Å². The molecule has 0 aromatic heterocycles. The Kier molecular flexibility index (Phi) is 5.22.